The Hall–Kier alpha value is -2.25. The Morgan fingerprint density at radius 3 is 1.87 bits per heavy atom. The summed E-state index contributed by atoms with van der Waals surface area (Å²) in [5.41, 5.74) is 3.55. The average molecular weight is 323 g/mol. The quantitative estimate of drug-likeness (QED) is 0.498. The summed E-state index contributed by atoms with van der Waals surface area (Å²) in [7, 11) is 0. The number of hydrogen-bond donors (Lipinski definition) is 0. The van der Waals surface area contributed by atoms with Crippen LogP contribution in [0.3, 0.4) is 0 Å². The fourth-order valence-electron chi connectivity index (χ4n) is 2.58. The standard InChI is InChI=1S/C21H19ClO/c22-16-15-21(19-9-5-2-6-10-19)23-20-13-11-18(12-14-20)17-7-3-1-4-8-17/h1-14,21H,15-16H2/t21-/m0/s1. The smallest absolute Gasteiger partial charge is 0.125 e. The lowest BCUT2D eigenvalue weighted by Gasteiger charge is -2.19. The molecule has 0 heterocycles. The second-order valence-corrected chi connectivity index (χ2v) is 5.76. The predicted octanol–water partition coefficient (Wildman–Crippen LogP) is 6.10. The van der Waals surface area contributed by atoms with Crippen LogP contribution in [-0.2, 0) is 0 Å². The molecule has 3 rings (SSSR count). The largest absolute Gasteiger partial charge is 0.486 e. The van der Waals surface area contributed by atoms with E-state index in [0.717, 1.165) is 17.7 Å². The van der Waals surface area contributed by atoms with Crippen LogP contribution in [0.1, 0.15) is 18.1 Å². The van der Waals surface area contributed by atoms with Gasteiger partial charge in [-0.25, -0.2) is 0 Å². The molecule has 0 amide bonds. The van der Waals surface area contributed by atoms with Gasteiger partial charge in [-0.2, -0.15) is 0 Å². The number of hydrogen-bond acceptors (Lipinski definition) is 1. The third-order valence-corrected chi connectivity index (χ3v) is 4.00. The lowest BCUT2D eigenvalue weighted by atomic mass is 10.1. The highest BCUT2D eigenvalue weighted by molar-refractivity contribution is 6.17. The third-order valence-electron chi connectivity index (χ3n) is 3.78. The number of benzene rings is 3. The summed E-state index contributed by atoms with van der Waals surface area (Å²) >= 11 is 5.94. The Morgan fingerprint density at radius 1 is 0.696 bits per heavy atom. The van der Waals surface area contributed by atoms with E-state index in [1.54, 1.807) is 0 Å². The molecule has 0 N–H and O–H groups in total. The fourth-order valence-corrected chi connectivity index (χ4v) is 2.78. The second kappa shape index (κ2) is 7.85. The van der Waals surface area contributed by atoms with Crippen molar-refractivity contribution < 1.29 is 4.74 Å². The van der Waals surface area contributed by atoms with E-state index in [1.807, 2.05) is 48.5 Å². The molecule has 0 fully saturated rings. The minimum Gasteiger partial charge on any atom is -0.486 e. The lowest BCUT2D eigenvalue weighted by molar-refractivity contribution is 0.202. The van der Waals surface area contributed by atoms with Crippen molar-refractivity contribution in [1.82, 2.24) is 0 Å². The van der Waals surface area contributed by atoms with E-state index in [2.05, 4.69) is 36.4 Å². The molecule has 0 aliphatic carbocycles. The second-order valence-electron chi connectivity index (χ2n) is 5.39. The van der Waals surface area contributed by atoms with Crippen molar-refractivity contribution in [2.24, 2.45) is 0 Å². The number of ether oxygens (including phenoxy) is 1. The first-order valence-corrected chi connectivity index (χ1v) is 8.33. The van der Waals surface area contributed by atoms with Gasteiger partial charge in [-0.15, -0.1) is 11.6 Å². The molecule has 0 aromatic heterocycles. The third kappa shape index (κ3) is 4.14. The van der Waals surface area contributed by atoms with Crippen LogP contribution in [0.15, 0.2) is 84.9 Å². The minimum absolute atomic E-state index is 0.0173. The summed E-state index contributed by atoms with van der Waals surface area (Å²) < 4.78 is 6.15. The van der Waals surface area contributed by atoms with Gasteiger partial charge in [0.1, 0.15) is 11.9 Å². The van der Waals surface area contributed by atoms with Crippen molar-refractivity contribution in [2.45, 2.75) is 12.5 Å². The van der Waals surface area contributed by atoms with Crippen molar-refractivity contribution in [1.29, 1.82) is 0 Å². The number of alkyl halides is 1. The fraction of sp³-hybridized carbons (Fsp3) is 0.143. The molecule has 3 aromatic carbocycles. The average Bonchev–Trinajstić information content (AvgIpc) is 2.63. The molecule has 0 aliphatic rings. The molecule has 0 spiro atoms. The first-order chi connectivity index (χ1) is 11.4. The minimum atomic E-state index is -0.0173. The molecule has 0 saturated heterocycles. The van der Waals surface area contributed by atoms with Crippen LogP contribution >= 0.6 is 11.6 Å². The van der Waals surface area contributed by atoms with Crippen LogP contribution in [0.2, 0.25) is 0 Å². The van der Waals surface area contributed by atoms with E-state index >= 15 is 0 Å². The predicted molar refractivity (Wildman–Crippen MR) is 97.0 cm³/mol. The highest BCUT2D eigenvalue weighted by Crippen LogP contribution is 2.27. The van der Waals surface area contributed by atoms with Crippen molar-refractivity contribution in [3.05, 3.63) is 90.5 Å². The van der Waals surface area contributed by atoms with Crippen LogP contribution in [0.25, 0.3) is 11.1 Å². The summed E-state index contributed by atoms with van der Waals surface area (Å²) in [6.07, 6.45) is 0.766. The molecular formula is C21H19ClO. The summed E-state index contributed by atoms with van der Waals surface area (Å²) in [6.45, 7) is 0. The molecule has 116 valence electrons. The molecule has 1 atom stereocenters. The topological polar surface area (TPSA) is 9.23 Å². The SMILES string of the molecule is ClCC[C@H](Oc1ccc(-c2ccccc2)cc1)c1ccccc1. The van der Waals surface area contributed by atoms with E-state index in [4.69, 9.17) is 16.3 Å². The summed E-state index contributed by atoms with van der Waals surface area (Å²) in [5, 5.41) is 0. The summed E-state index contributed by atoms with van der Waals surface area (Å²) in [4.78, 5) is 0. The van der Waals surface area contributed by atoms with Gasteiger partial charge in [0.05, 0.1) is 0 Å². The Morgan fingerprint density at radius 2 is 1.26 bits per heavy atom. The monoisotopic (exact) mass is 322 g/mol. The van der Waals surface area contributed by atoms with Crippen molar-refractivity contribution >= 4 is 11.6 Å². The Labute approximate surface area is 142 Å². The Bertz CT molecular complexity index is 708. The van der Waals surface area contributed by atoms with Gasteiger partial charge < -0.3 is 4.74 Å². The van der Waals surface area contributed by atoms with Crippen LogP contribution in [0, 0.1) is 0 Å². The van der Waals surface area contributed by atoms with E-state index in [-0.39, 0.29) is 6.10 Å². The van der Waals surface area contributed by atoms with Gasteiger partial charge >= 0.3 is 0 Å². The van der Waals surface area contributed by atoms with Gasteiger partial charge in [-0.3, -0.25) is 0 Å². The lowest BCUT2D eigenvalue weighted by Crippen LogP contribution is -2.08. The van der Waals surface area contributed by atoms with Gasteiger partial charge in [0, 0.05) is 12.3 Å². The highest BCUT2D eigenvalue weighted by Gasteiger charge is 2.12. The van der Waals surface area contributed by atoms with Gasteiger partial charge in [0.2, 0.25) is 0 Å². The van der Waals surface area contributed by atoms with Crippen molar-refractivity contribution in [2.75, 3.05) is 5.88 Å². The highest BCUT2D eigenvalue weighted by atomic mass is 35.5. The number of halogens is 1. The maximum Gasteiger partial charge on any atom is 0.125 e. The normalized spacial score (nSPS) is 11.9. The molecule has 23 heavy (non-hydrogen) atoms. The van der Waals surface area contributed by atoms with Crippen molar-refractivity contribution in [3.8, 4) is 16.9 Å². The zero-order chi connectivity index (χ0) is 15.9. The maximum absolute atomic E-state index is 6.15. The first-order valence-electron chi connectivity index (χ1n) is 7.80. The zero-order valence-electron chi connectivity index (χ0n) is 12.9. The molecule has 1 nitrogen and oxygen atoms in total. The van der Waals surface area contributed by atoms with E-state index < -0.39 is 0 Å². The van der Waals surface area contributed by atoms with Crippen molar-refractivity contribution in [3.63, 3.8) is 0 Å². The molecule has 0 saturated carbocycles. The Kier molecular flexibility index (Phi) is 5.33. The molecule has 2 heteroatoms. The first kappa shape index (κ1) is 15.6. The molecular weight excluding hydrogens is 304 g/mol. The Balaban J connectivity index is 1.76. The molecule has 0 aliphatic heterocycles. The van der Waals surface area contributed by atoms with Gasteiger partial charge in [-0.1, -0.05) is 72.8 Å². The van der Waals surface area contributed by atoms with Gasteiger partial charge in [-0.05, 0) is 28.8 Å². The molecule has 0 bridgehead atoms. The molecule has 0 unspecified atom stereocenters. The van der Waals surface area contributed by atoms with E-state index in [0.29, 0.717) is 5.88 Å². The summed E-state index contributed by atoms with van der Waals surface area (Å²) in [6, 6.07) is 28.8. The van der Waals surface area contributed by atoms with Gasteiger partial charge in [0.25, 0.3) is 0 Å². The van der Waals surface area contributed by atoms with E-state index in [1.165, 1.54) is 11.1 Å². The number of rotatable bonds is 6. The van der Waals surface area contributed by atoms with Crippen LogP contribution in [-0.4, -0.2) is 5.88 Å². The van der Waals surface area contributed by atoms with Crippen LogP contribution in [0.4, 0.5) is 0 Å². The van der Waals surface area contributed by atoms with E-state index in [9.17, 15) is 0 Å². The van der Waals surface area contributed by atoms with Crippen LogP contribution < -0.4 is 4.74 Å². The molecule has 3 aromatic rings. The summed E-state index contributed by atoms with van der Waals surface area (Å²) in [5.74, 6) is 1.44. The van der Waals surface area contributed by atoms with Gasteiger partial charge in [0.15, 0.2) is 0 Å². The zero-order valence-corrected chi connectivity index (χ0v) is 13.6. The van der Waals surface area contributed by atoms with Crippen LogP contribution in [0.5, 0.6) is 5.75 Å². The maximum atomic E-state index is 6.15. The molecule has 0 radical (unpaired) electrons.